The van der Waals surface area contributed by atoms with Crippen LogP contribution in [-0.4, -0.2) is 45.3 Å². The first-order valence-corrected chi connectivity index (χ1v) is 7.12. The van der Waals surface area contributed by atoms with Crippen LogP contribution in [0.2, 0.25) is 0 Å². The van der Waals surface area contributed by atoms with Crippen molar-refractivity contribution in [3.63, 3.8) is 0 Å². The third-order valence-electron chi connectivity index (χ3n) is 3.12. The molecule has 0 heterocycles. The molecule has 19 heavy (non-hydrogen) atoms. The second kappa shape index (κ2) is 9.08. The van der Waals surface area contributed by atoms with Crippen molar-refractivity contribution in [2.24, 2.45) is 5.92 Å². The van der Waals surface area contributed by atoms with E-state index >= 15 is 0 Å². The van der Waals surface area contributed by atoms with E-state index in [0.29, 0.717) is 12.0 Å². The maximum atomic E-state index is 5.61. The molecule has 0 fully saturated rings. The van der Waals surface area contributed by atoms with E-state index < -0.39 is 0 Å². The van der Waals surface area contributed by atoms with E-state index in [-0.39, 0.29) is 0 Å². The first-order valence-electron chi connectivity index (χ1n) is 7.12. The topological polar surface area (TPSA) is 24.5 Å². The molecule has 0 radical (unpaired) electrons. The third-order valence-corrected chi connectivity index (χ3v) is 3.12. The molecule has 0 saturated heterocycles. The van der Waals surface area contributed by atoms with Gasteiger partial charge in [0.1, 0.15) is 0 Å². The molecule has 0 aliphatic heterocycles. The first kappa shape index (κ1) is 16.2. The molecule has 0 aromatic heterocycles. The quantitative estimate of drug-likeness (QED) is 0.694. The highest BCUT2D eigenvalue weighted by Gasteiger charge is 2.14. The van der Waals surface area contributed by atoms with Gasteiger partial charge in [-0.25, -0.2) is 0 Å². The Morgan fingerprint density at radius 1 is 1.11 bits per heavy atom. The molecule has 0 spiro atoms. The highest BCUT2D eigenvalue weighted by atomic mass is 16.5. The second-order valence-corrected chi connectivity index (χ2v) is 5.50. The van der Waals surface area contributed by atoms with Gasteiger partial charge in [0.15, 0.2) is 0 Å². The summed E-state index contributed by atoms with van der Waals surface area (Å²) in [6.07, 6.45) is 0. The average molecular weight is 264 g/mol. The fourth-order valence-corrected chi connectivity index (χ4v) is 2.03. The monoisotopic (exact) mass is 264 g/mol. The maximum absolute atomic E-state index is 5.61. The fourth-order valence-electron chi connectivity index (χ4n) is 2.03. The third kappa shape index (κ3) is 6.71. The normalized spacial score (nSPS) is 13.2. The van der Waals surface area contributed by atoms with Crippen LogP contribution in [0, 0.1) is 5.92 Å². The summed E-state index contributed by atoms with van der Waals surface area (Å²) >= 11 is 0. The van der Waals surface area contributed by atoms with Gasteiger partial charge in [0.05, 0.1) is 13.2 Å². The minimum Gasteiger partial charge on any atom is -0.379 e. The van der Waals surface area contributed by atoms with Gasteiger partial charge in [-0.1, -0.05) is 44.2 Å². The molecule has 1 rings (SSSR count). The first-order chi connectivity index (χ1) is 9.11. The lowest BCUT2D eigenvalue weighted by Gasteiger charge is -2.23. The van der Waals surface area contributed by atoms with E-state index in [9.17, 15) is 0 Å². The van der Waals surface area contributed by atoms with Crippen molar-refractivity contribution in [2.45, 2.75) is 19.9 Å². The largest absolute Gasteiger partial charge is 0.379 e. The zero-order valence-electron chi connectivity index (χ0n) is 12.7. The number of likely N-dealkylation sites (N-methyl/N-ethyl adjacent to an activating group) is 1. The zero-order chi connectivity index (χ0) is 14.1. The molecule has 1 atom stereocenters. The van der Waals surface area contributed by atoms with Gasteiger partial charge in [0.25, 0.3) is 0 Å². The summed E-state index contributed by atoms with van der Waals surface area (Å²) in [5.41, 5.74) is 1.35. The van der Waals surface area contributed by atoms with Crippen LogP contribution in [0.4, 0.5) is 0 Å². The number of nitrogens with zero attached hydrogens (tertiary/aromatic N) is 1. The Balaban J connectivity index is 2.28. The number of hydrogen-bond donors (Lipinski definition) is 1. The van der Waals surface area contributed by atoms with Gasteiger partial charge in [-0.3, -0.25) is 0 Å². The zero-order valence-corrected chi connectivity index (χ0v) is 12.7. The number of hydrogen-bond acceptors (Lipinski definition) is 3. The molecule has 3 heteroatoms. The van der Waals surface area contributed by atoms with Crippen molar-refractivity contribution >= 4 is 0 Å². The van der Waals surface area contributed by atoms with Crippen molar-refractivity contribution in [3.05, 3.63) is 35.9 Å². The summed E-state index contributed by atoms with van der Waals surface area (Å²) in [4.78, 5) is 2.13. The van der Waals surface area contributed by atoms with Gasteiger partial charge in [0.2, 0.25) is 0 Å². The molecule has 1 unspecified atom stereocenters. The Kier molecular flexibility index (Phi) is 7.72. The molecule has 1 N–H and O–H groups in total. The second-order valence-electron chi connectivity index (χ2n) is 5.50. The van der Waals surface area contributed by atoms with E-state index in [4.69, 9.17) is 4.74 Å². The van der Waals surface area contributed by atoms with Crippen LogP contribution in [0.1, 0.15) is 25.5 Å². The molecule has 0 amide bonds. The van der Waals surface area contributed by atoms with Gasteiger partial charge in [-0.05, 0) is 25.6 Å². The van der Waals surface area contributed by atoms with Crippen LogP contribution in [0.15, 0.2) is 30.3 Å². The van der Waals surface area contributed by atoms with Gasteiger partial charge < -0.3 is 15.0 Å². The van der Waals surface area contributed by atoms with Gasteiger partial charge in [-0.2, -0.15) is 0 Å². The van der Waals surface area contributed by atoms with Crippen LogP contribution in [0.3, 0.4) is 0 Å². The summed E-state index contributed by atoms with van der Waals surface area (Å²) in [6, 6.07) is 11.0. The lowest BCUT2D eigenvalue weighted by molar-refractivity contribution is 0.116. The Morgan fingerprint density at radius 3 is 2.37 bits per heavy atom. The van der Waals surface area contributed by atoms with Crippen molar-refractivity contribution in [2.75, 3.05) is 40.4 Å². The number of ether oxygens (including phenoxy) is 1. The predicted molar refractivity (Wildman–Crippen MR) is 81.4 cm³/mol. The molecule has 0 bridgehead atoms. The molecule has 3 nitrogen and oxygen atoms in total. The fraction of sp³-hybridized carbons (Fsp3) is 0.625. The average Bonchev–Trinajstić information content (AvgIpc) is 2.38. The Morgan fingerprint density at radius 2 is 1.79 bits per heavy atom. The molecular weight excluding hydrogens is 236 g/mol. The molecular formula is C16H28N2O. The van der Waals surface area contributed by atoms with E-state index in [1.165, 1.54) is 5.56 Å². The SMILES string of the molecule is CC(C)C(NCCOCCN(C)C)c1ccccc1. The van der Waals surface area contributed by atoms with Crippen LogP contribution in [0.25, 0.3) is 0 Å². The maximum Gasteiger partial charge on any atom is 0.0593 e. The molecule has 1 aromatic rings. The number of nitrogens with one attached hydrogen (secondary N) is 1. The highest BCUT2D eigenvalue weighted by Crippen LogP contribution is 2.20. The lowest BCUT2D eigenvalue weighted by Crippen LogP contribution is -2.29. The van der Waals surface area contributed by atoms with Crippen molar-refractivity contribution in [1.29, 1.82) is 0 Å². The Hall–Kier alpha value is -0.900. The van der Waals surface area contributed by atoms with Crippen molar-refractivity contribution in [1.82, 2.24) is 10.2 Å². The smallest absolute Gasteiger partial charge is 0.0593 e. The molecule has 0 aliphatic carbocycles. The lowest BCUT2D eigenvalue weighted by atomic mass is 9.96. The van der Waals surface area contributed by atoms with Gasteiger partial charge in [0, 0.05) is 19.1 Å². The van der Waals surface area contributed by atoms with Crippen LogP contribution in [-0.2, 0) is 4.74 Å². The van der Waals surface area contributed by atoms with Crippen LogP contribution < -0.4 is 5.32 Å². The van der Waals surface area contributed by atoms with E-state index in [2.05, 4.69) is 68.5 Å². The number of rotatable bonds is 9. The van der Waals surface area contributed by atoms with E-state index in [1.807, 2.05) is 0 Å². The Bertz CT molecular complexity index is 325. The summed E-state index contributed by atoms with van der Waals surface area (Å²) in [5, 5.41) is 3.58. The molecule has 108 valence electrons. The minimum atomic E-state index is 0.402. The summed E-state index contributed by atoms with van der Waals surface area (Å²) in [6.45, 7) is 7.93. The summed E-state index contributed by atoms with van der Waals surface area (Å²) in [7, 11) is 4.12. The Labute approximate surface area is 118 Å². The minimum absolute atomic E-state index is 0.402. The number of benzene rings is 1. The van der Waals surface area contributed by atoms with E-state index in [1.54, 1.807) is 0 Å². The highest BCUT2D eigenvalue weighted by molar-refractivity contribution is 5.19. The predicted octanol–water partition coefficient (Wildman–Crippen LogP) is 2.55. The van der Waals surface area contributed by atoms with Gasteiger partial charge >= 0.3 is 0 Å². The molecule has 0 saturated carbocycles. The van der Waals surface area contributed by atoms with Crippen molar-refractivity contribution in [3.8, 4) is 0 Å². The molecule has 1 aromatic carbocycles. The summed E-state index contributed by atoms with van der Waals surface area (Å²) in [5.74, 6) is 0.573. The van der Waals surface area contributed by atoms with E-state index in [0.717, 1.165) is 26.3 Å². The van der Waals surface area contributed by atoms with Gasteiger partial charge in [-0.15, -0.1) is 0 Å². The standard InChI is InChI=1S/C16H28N2O/c1-14(2)16(15-8-6-5-7-9-15)17-10-12-19-13-11-18(3)4/h5-9,14,16-17H,10-13H2,1-4H3. The van der Waals surface area contributed by atoms with Crippen molar-refractivity contribution < 1.29 is 4.74 Å². The molecule has 0 aliphatic rings. The van der Waals surface area contributed by atoms with Crippen LogP contribution in [0.5, 0.6) is 0 Å². The summed E-state index contributed by atoms with van der Waals surface area (Å²) < 4.78 is 5.61. The van der Waals surface area contributed by atoms with Crippen LogP contribution >= 0.6 is 0 Å².